The maximum Gasteiger partial charge on any atom is 0.341 e. The van der Waals surface area contributed by atoms with Crippen LogP contribution in [0.1, 0.15) is 29.9 Å². The molecule has 7 nitrogen and oxygen atoms in total. The van der Waals surface area contributed by atoms with Gasteiger partial charge in [0.25, 0.3) is 5.56 Å². The highest BCUT2D eigenvalue weighted by Gasteiger charge is 2.22. The number of nitrogens with one attached hydrogen (secondary N) is 2. The first kappa shape index (κ1) is 24.1. The van der Waals surface area contributed by atoms with Gasteiger partial charge >= 0.3 is 5.97 Å². The van der Waals surface area contributed by atoms with Gasteiger partial charge in [0.05, 0.1) is 18.1 Å². The van der Waals surface area contributed by atoms with Crippen molar-refractivity contribution in [2.45, 2.75) is 24.8 Å². The summed E-state index contributed by atoms with van der Waals surface area (Å²) < 4.78 is 5.22. The molecule has 0 atom stereocenters. The second-order valence-electron chi connectivity index (χ2n) is 6.46. The van der Waals surface area contributed by atoms with Gasteiger partial charge in [-0.25, -0.2) is 9.78 Å². The Balaban J connectivity index is 1.74. The van der Waals surface area contributed by atoms with E-state index < -0.39 is 5.97 Å². The minimum atomic E-state index is -0.484. The fraction of sp³-hybridized carbons (Fsp3) is 0.273. The van der Waals surface area contributed by atoms with Crippen LogP contribution in [0.4, 0.5) is 5.00 Å². The molecule has 0 spiro atoms. The highest BCUT2D eigenvalue weighted by Crippen LogP contribution is 2.36. The third-order valence-corrected chi connectivity index (χ3v) is 6.85. The molecule has 0 bridgehead atoms. The minimum Gasteiger partial charge on any atom is -0.462 e. The third-order valence-electron chi connectivity index (χ3n) is 4.18. The van der Waals surface area contributed by atoms with E-state index in [1.807, 2.05) is 42.6 Å². The number of ether oxygens (including phenoxy) is 1. The normalized spacial score (nSPS) is 10.7. The molecule has 10 heteroatoms. The van der Waals surface area contributed by atoms with Crippen LogP contribution in [0.15, 0.2) is 51.7 Å². The lowest BCUT2D eigenvalue weighted by Gasteiger charge is -2.09. The van der Waals surface area contributed by atoms with E-state index in [9.17, 15) is 14.4 Å². The molecule has 0 radical (unpaired) electrons. The van der Waals surface area contributed by atoms with E-state index in [4.69, 9.17) is 4.74 Å². The van der Waals surface area contributed by atoms with Crippen molar-refractivity contribution >= 4 is 51.7 Å². The number of benzene rings is 1. The van der Waals surface area contributed by atoms with Crippen molar-refractivity contribution in [3.63, 3.8) is 0 Å². The zero-order valence-corrected chi connectivity index (χ0v) is 20.1. The average molecular weight is 490 g/mol. The van der Waals surface area contributed by atoms with Crippen molar-refractivity contribution in [2.75, 3.05) is 23.4 Å². The van der Waals surface area contributed by atoms with E-state index >= 15 is 0 Å². The summed E-state index contributed by atoms with van der Waals surface area (Å²) in [5.41, 5.74) is 2.35. The molecule has 0 aliphatic carbocycles. The van der Waals surface area contributed by atoms with Crippen LogP contribution >= 0.6 is 34.9 Å². The van der Waals surface area contributed by atoms with E-state index in [1.165, 1.54) is 17.4 Å². The number of nitrogens with zero attached hydrogens (tertiary/aromatic N) is 1. The number of hydrogen-bond acceptors (Lipinski definition) is 8. The second-order valence-corrected chi connectivity index (χ2v) is 9.57. The Morgan fingerprint density at radius 2 is 2.00 bits per heavy atom. The predicted octanol–water partition coefficient (Wildman–Crippen LogP) is 4.66. The van der Waals surface area contributed by atoms with Gasteiger partial charge in [-0.05, 0) is 18.2 Å². The van der Waals surface area contributed by atoms with E-state index in [2.05, 4.69) is 15.3 Å². The summed E-state index contributed by atoms with van der Waals surface area (Å²) in [5, 5.41) is 5.46. The Morgan fingerprint density at radius 1 is 1.22 bits per heavy atom. The van der Waals surface area contributed by atoms with Crippen molar-refractivity contribution in [3.05, 3.63) is 63.4 Å². The molecular formula is C22H23N3O4S3. The van der Waals surface area contributed by atoms with E-state index in [1.54, 1.807) is 18.7 Å². The number of aromatic amines is 1. The Kier molecular flexibility index (Phi) is 8.95. The van der Waals surface area contributed by atoms with Crippen LogP contribution in [0, 0.1) is 0 Å². The summed E-state index contributed by atoms with van der Waals surface area (Å²) >= 11 is 4.08. The number of carbonyl (C=O) groups is 2. The molecule has 168 valence electrons. The van der Waals surface area contributed by atoms with Gasteiger partial charge in [-0.15, -0.1) is 11.3 Å². The topological polar surface area (TPSA) is 101 Å². The first-order valence-corrected chi connectivity index (χ1v) is 13.0. The first-order chi connectivity index (χ1) is 15.5. The molecule has 2 N–H and O–H groups in total. The molecule has 1 amide bonds. The van der Waals surface area contributed by atoms with Gasteiger partial charge in [0.1, 0.15) is 10.6 Å². The van der Waals surface area contributed by atoms with Gasteiger partial charge in [-0.3, -0.25) is 9.59 Å². The van der Waals surface area contributed by atoms with Crippen LogP contribution in [0.2, 0.25) is 0 Å². The molecular weight excluding hydrogens is 466 g/mol. The van der Waals surface area contributed by atoms with Gasteiger partial charge in [0, 0.05) is 22.8 Å². The van der Waals surface area contributed by atoms with Crippen molar-refractivity contribution < 1.29 is 14.3 Å². The molecule has 0 aliphatic rings. The number of H-pyrrole nitrogens is 1. The molecule has 0 unspecified atom stereocenters. The molecule has 1 aromatic carbocycles. The smallest absolute Gasteiger partial charge is 0.341 e. The summed E-state index contributed by atoms with van der Waals surface area (Å²) in [5.74, 6) is 0.809. The van der Waals surface area contributed by atoms with E-state index in [0.29, 0.717) is 32.7 Å². The Hall–Kier alpha value is -2.56. The monoisotopic (exact) mass is 489 g/mol. The van der Waals surface area contributed by atoms with Crippen LogP contribution in [-0.2, 0) is 15.3 Å². The number of thioether (sulfide) groups is 2. The zero-order chi connectivity index (χ0) is 22.9. The largest absolute Gasteiger partial charge is 0.462 e. The molecule has 3 aromatic rings. The van der Waals surface area contributed by atoms with Crippen LogP contribution in [0.3, 0.4) is 0 Å². The fourth-order valence-electron chi connectivity index (χ4n) is 2.81. The lowest BCUT2D eigenvalue weighted by atomic mass is 10.0. The van der Waals surface area contributed by atoms with Crippen LogP contribution in [0.5, 0.6) is 0 Å². The van der Waals surface area contributed by atoms with Gasteiger partial charge in [0.15, 0.2) is 5.16 Å². The Morgan fingerprint density at radius 3 is 2.72 bits per heavy atom. The van der Waals surface area contributed by atoms with Gasteiger partial charge in [-0.2, -0.15) is 11.8 Å². The number of rotatable bonds is 10. The van der Waals surface area contributed by atoms with Gasteiger partial charge in [0.2, 0.25) is 5.91 Å². The molecule has 0 saturated heterocycles. The maximum absolute atomic E-state index is 12.6. The summed E-state index contributed by atoms with van der Waals surface area (Å²) in [7, 11) is 0. The van der Waals surface area contributed by atoms with Crippen molar-refractivity contribution in [3.8, 4) is 11.1 Å². The molecule has 2 aromatic heterocycles. The van der Waals surface area contributed by atoms with E-state index in [0.717, 1.165) is 23.1 Å². The van der Waals surface area contributed by atoms with Crippen LogP contribution < -0.4 is 10.9 Å². The third kappa shape index (κ3) is 6.47. The second kappa shape index (κ2) is 11.9. The van der Waals surface area contributed by atoms with Crippen LogP contribution in [0.25, 0.3) is 11.1 Å². The van der Waals surface area contributed by atoms with Gasteiger partial charge < -0.3 is 15.0 Å². The number of anilines is 1. The number of carbonyl (C=O) groups excluding carboxylic acids is 2. The summed E-state index contributed by atoms with van der Waals surface area (Å²) in [4.78, 5) is 44.1. The molecule has 0 fully saturated rings. The summed E-state index contributed by atoms with van der Waals surface area (Å²) in [6.45, 7) is 4.01. The lowest BCUT2D eigenvalue weighted by molar-refractivity contribution is -0.113. The van der Waals surface area contributed by atoms with Crippen molar-refractivity contribution in [1.82, 2.24) is 9.97 Å². The fourth-order valence-corrected chi connectivity index (χ4v) is 5.04. The molecule has 2 heterocycles. The van der Waals surface area contributed by atoms with Crippen molar-refractivity contribution in [2.24, 2.45) is 0 Å². The number of amides is 1. The van der Waals surface area contributed by atoms with Gasteiger partial charge in [-0.1, -0.05) is 49.0 Å². The van der Waals surface area contributed by atoms with E-state index in [-0.39, 0.29) is 23.8 Å². The Labute approximate surface area is 198 Å². The SMILES string of the molecule is CCOC(=O)c1c(-c2ccccc2)csc1NC(=O)CSc1nc(CSCC)cc(=O)[nH]1. The summed E-state index contributed by atoms with van der Waals surface area (Å²) in [6, 6.07) is 10.9. The van der Waals surface area contributed by atoms with Crippen LogP contribution in [-0.4, -0.2) is 40.0 Å². The minimum absolute atomic E-state index is 0.0359. The average Bonchev–Trinajstić information content (AvgIpc) is 3.20. The molecule has 3 rings (SSSR count). The van der Waals surface area contributed by atoms with Crippen molar-refractivity contribution in [1.29, 1.82) is 0 Å². The molecule has 0 saturated carbocycles. The summed E-state index contributed by atoms with van der Waals surface area (Å²) in [6.07, 6.45) is 0. The number of esters is 1. The number of aromatic nitrogens is 2. The molecule has 0 aliphatic heterocycles. The Bertz CT molecular complexity index is 1130. The molecule has 32 heavy (non-hydrogen) atoms. The predicted molar refractivity (Wildman–Crippen MR) is 132 cm³/mol. The first-order valence-electron chi connectivity index (χ1n) is 9.96. The number of hydrogen-bond donors (Lipinski definition) is 2. The highest BCUT2D eigenvalue weighted by molar-refractivity contribution is 7.99. The number of thiophene rings is 1. The standard InChI is InChI=1S/C22H23N3O4S3/c1-3-29-21(28)19-16(14-8-6-5-7-9-14)12-31-20(19)24-18(27)13-32-22-23-15(11-30-4-2)10-17(26)25-22/h5-10,12H,3-4,11,13H2,1-2H3,(H,24,27)(H,23,25,26). The lowest BCUT2D eigenvalue weighted by Crippen LogP contribution is -2.17. The maximum atomic E-state index is 12.6. The zero-order valence-electron chi connectivity index (χ0n) is 17.7. The highest BCUT2D eigenvalue weighted by atomic mass is 32.2. The quantitative estimate of drug-likeness (QED) is 0.243.